The van der Waals surface area contributed by atoms with Crippen LogP contribution in [0.15, 0.2) is 18.2 Å². The van der Waals surface area contributed by atoms with Crippen molar-refractivity contribution in [3.05, 3.63) is 34.9 Å². The highest BCUT2D eigenvalue weighted by Crippen LogP contribution is 2.31. The average molecular weight is 286 g/mol. The highest BCUT2D eigenvalue weighted by atomic mass is 16.2. The Labute approximate surface area is 127 Å². The maximum atomic E-state index is 12.9. The molecule has 3 rings (SSSR count). The minimum absolute atomic E-state index is 0.244. The van der Waals surface area contributed by atoms with Crippen molar-refractivity contribution in [2.24, 2.45) is 5.92 Å². The number of piperidine rings is 1. The predicted molar refractivity (Wildman–Crippen MR) is 85.6 cm³/mol. The summed E-state index contributed by atoms with van der Waals surface area (Å²) in [6.07, 6.45) is 4.76. The summed E-state index contributed by atoms with van der Waals surface area (Å²) in [6, 6.07) is 6.66. The van der Waals surface area contributed by atoms with E-state index in [1.807, 2.05) is 6.07 Å². The van der Waals surface area contributed by atoms with E-state index in [9.17, 15) is 4.79 Å². The number of carbonyl (C=O) groups is 1. The molecule has 2 aliphatic rings. The van der Waals surface area contributed by atoms with Gasteiger partial charge in [-0.15, -0.1) is 0 Å². The average Bonchev–Trinajstić information content (AvgIpc) is 3.30. The van der Waals surface area contributed by atoms with Crippen LogP contribution < -0.4 is 5.32 Å². The van der Waals surface area contributed by atoms with Gasteiger partial charge in [0.2, 0.25) is 0 Å². The van der Waals surface area contributed by atoms with E-state index in [0.717, 1.165) is 30.8 Å². The molecule has 0 radical (unpaired) electrons. The number of amides is 1. The zero-order chi connectivity index (χ0) is 14.8. The number of hydrogen-bond acceptors (Lipinski definition) is 2. The van der Waals surface area contributed by atoms with Gasteiger partial charge in [-0.3, -0.25) is 4.79 Å². The number of nitrogens with one attached hydrogen (secondary N) is 1. The molecule has 1 heterocycles. The quantitative estimate of drug-likeness (QED) is 0.923. The third-order valence-corrected chi connectivity index (χ3v) is 4.77. The van der Waals surface area contributed by atoms with E-state index in [2.05, 4.69) is 36.2 Å². The molecule has 1 saturated carbocycles. The zero-order valence-electron chi connectivity index (χ0n) is 13.2. The third-order valence-electron chi connectivity index (χ3n) is 4.77. The van der Waals surface area contributed by atoms with Crippen LogP contribution in [0.25, 0.3) is 0 Å². The molecule has 21 heavy (non-hydrogen) atoms. The number of carbonyl (C=O) groups excluding carboxylic acids is 1. The van der Waals surface area contributed by atoms with Crippen LogP contribution in [0.3, 0.4) is 0 Å². The van der Waals surface area contributed by atoms with Crippen LogP contribution in [0.2, 0.25) is 0 Å². The van der Waals surface area contributed by atoms with E-state index in [1.54, 1.807) is 0 Å². The van der Waals surface area contributed by atoms with Crippen LogP contribution in [0, 0.1) is 19.8 Å². The van der Waals surface area contributed by atoms with Crippen molar-refractivity contribution in [1.29, 1.82) is 0 Å². The third kappa shape index (κ3) is 3.46. The van der Waals surface area contributed by atoms with Crippen molar-refractivity contribution in [3.63, 3.8) is 0 Å². The van der Waals surface area contributed by atoms with Crippen LogP contribution in [0.1, 0.15) is 47.2 Å². The maximum absolute atomic E-state index is 12.9. The van der Waals surface area contributed by atoms with Gasteiger partial charge in [0, 0.05) is 18.2 Å². The van der Waals surface area contributed by atoms with Crippen LogP contribution in [0.4, 0.5) is 0 Å². The molecule has 3 nitrogen and oxygen atoms in total. The second-order valence-corrected chi connectivity index (χ2v) is 6.70. The number of benzene rings is 1. The molecule has 0 atom stereocenters. The first-order valence-electron chi connectivity index (χ1n) is 8.24. The van der Waals surface area contributed by atoms with Crippen molar-refractivity contribution in [3.8, 4) is 0 Å². The highest BCUT2D eigenvalue weighted by Gasteiger charge is 2.35. The van der Waals surface area contributed by atoms with Gasteiger partial charge in [0.15, 0.2) is 0 Å². The van der Waals surface area contributed by atoms with Crippen molar-refractivity contribution in [2.45, 2.75) is 45.6 Å². The number of nitrogens with zero attached hydrogens (tertiary/aromatic N) is 1. The number of hydrogen-bond donors (Lipinski definition) is 1. The first-order valence-corrected chi connectivity index (χ1v) is 8.24. The molecule has 1 aliphatic heterocycles. The Hall–Kier alpha value is -1.35. The maximum Gasteiger partial charge on any atom is 0.254 e. The largest absolute Gasteiger partial charge is 0.335 e. The topological polar surface area (TPSA) is 32.3 Å². The van der Waals surface area contributed by atoms with Gasteiger partial charge in [-0.25, -0.2) is 0 Å². The van der Waals surface area contributed by atoms with Crippen LogP contribution in [0.5, 0.6) is 0 Å². The molecule has 1 saturated heterocycles. The molecule has 0 spiro atoms. The van der Waals surface area contributed by atoms with E-state index in [-0.39, 0.29) is 5.91 Å². The minimum atomic E-state index is 0.244. The standard InChI is InChI=1S/C18H26N2O/c1-13-3-6-17(14(2)11-13)18(21)20(16-4-5-16)12-15-7-9-19-10-8-15/h3,6,11,15-16,19H,4-5,7-10,12H2,1-2H3. The fourth-order valence-electron chi connectivity index (χ4n) is 3.33. The van der Waals surface area contributed by atoms with E-state index < -0.39 is 0 Å². The van der Waals surface area contributed by atoms with E-state index >= 15 is 0 Å². The summed E-state index contributed by atoms with van der Waals surface area (Å²) < 4.78 is 0. The second kappa shape index (κ2) is 6.18. The Bertz CT molecular complexity index is 516. The van der Waals surface area contributed by atoms with Crippen molar-refractivity contribution in [2.75, 3.05) is 19.6 Å². The van der Waals surface area contributed by atoms with E-state index in [0.29, 0.717) is 12.0 Å². The lowest BCUT2D eigenvalue weighted by atomic mass is 9.96. The summed E-state index contributed by atoms with van der Waals surface area (Å²) in [5, 5.41) is 3.41. The molecule has 1 aliphatic carbocycles. The summed E-state index contributed by atoms with van der Waals surface area (Å²) >= 11 is 0. The zero-order valence-corrected chi connectivity index (χ0v) is 13.2. The second-order valence-electron chi connectivity index (χ2n) is 6.70. The van der Waals surface area contributed by atoms with Crippen LogP contribution in [-0.2, 0) is 0 Å². The smallest absolute Gasteiger partial charge is 0.254 e. The first-order chi connectivity index (χ1) is 10.1. The Morgan fingerprint density at radius 2 is 1.90 bits per heavy atom. The Morgan fingerprint density at radius 1 is 1.19 bits per heavy atom. The molecule has 2 fully saturated rings. The monoisotopic (exact) mass is 286 g/mol. The van der Waals surface area contributed by atoms with Crippen molar-refractivity contribution >= 4 is 5.91 Å². The van der Waals surface area contributed by atoms with Crippen LogP contribution >= 0.6 is 0 Å². The van der Waals surface area contributed by atoms with Gasteiger partial charge < -0.3 is 10.2 Å². The van der Waals surface area contributed by atoms with Gasteiger partial charge >= 0.3 is 0 Å². The molecule has 1 aromatic rings. The van der Waals surface area contributed by atoms with Crippen molar-refractivity contribution < 1.29 is 4.79 Å². The molecular formula is C18H26N2O. The minimum Gasteiger partial charge on any atom is -0.335 e. The van der Waals surface area contributed by atoms with Crippen LogP contribution in [-0.4, -0.2) is 36.5 Å². The predicted octanol–water partition coefficient (Wildman–Crippen LogP) is 2.91. The molecule has 3 heteroatoms. The normalized spacial score (nSPS) is 19.5. The van der Waals surface area contributed by atoms with Gasteiger partial charge in [0.1, 0.15) is 0 Å². The van der Waals surface area contributed by atoms with Crippen molar-refractivity contribution in [1.82, 2.24) is 10.2 Å². The molecular weight excluding hydrogens is 260 g/mol. The van der Waals surface area contributed by atoms with Gasteiger partial charge in [-0.2, -0.15) is 0 Å². The van der Waals surface area contributed by atoms with Gasteiger partial charge in [0.05, 0.1) is 0 Å². The number of aryl methyl sites for hydroxylation is 2. The summed E-state index contributed by atoms with van der Waals surface area (Å²) in [7, 11) is 0. The summed E-state index contributed by atoms with van der Waals surface area (Å²) in [4.78, 5) is 15.1. The molecule has 1 aromatic carbocycles. The lowest BCUT2D eigenvalue weighted by Gasteiger charge is -2.30. The Kier molecular flexibility index (Phi) is 4.29. The van der Waals surface area contributed by atoms with Gasteiger partial charge in [-0.1, -0.05) is 17.7 Å². The summed E-state index contributed by atoms with van der Waals surface area (Å²) in [5.41, 5.74) is 3.22. The Balaban J connectivity index is 1.75. The summed E-state index contributed by atoms with van der Waals surface area (Å²) in [5.74, 6) is 0.912. The lowest BCUT2D eigenvalue weighted by Crippen LogP contribution is -2.40. The fraction of sp³-hybridized carbons (Fsp3) is 0.611. The SMILES string of the molecule is Cc1ccc(C(=O)N(CC2CCNCC2)C2CC2)c(C)c1. The lowest BCUT2D eigenvalue weighted by molar-refractivity contribution is 0.0701. The first kappa shape index (κ1) is 14.6. The molecule has 114 valence electrons. The van der Waals surface area contributed by atoms with Gasteiger partial charge in [-0.05, 0) is 70.2 Å². The summed E-state index contributed by atoms with van der Waals surface area (Å²) in [6.45, 7) is 7.27. The molecule has 0 aromatic heterocycles. The molecule has 0 unspecified atom stereocenters. The fourth-order valence-corrected chi connectivity index (χ4v) is 3.33. The molecule has 1 amide bonds. The Morgan fingerprint density at radius 3 is 2.52 bits per heavy atom. The van der Waals surface area contributed by atoms with Gasteiger partial charge in [0.25, 0.3) is 5.91 Å². The van der Waals surface area contributed by atoms with E-state index in [1.165, 1.54) is 31.2 Å². The van der Waals surface area contributed by atoms with E-state index in [4.69, 9.17) is 0 Å². The number of rotatable bonds is 4. The molecule has 1 N–H and O–H groups in total. The highest BCUT2D eigenvalue weighted by molar-refractivity contribution is 5.96. The molecule has 0 bridgehead atoms.